The van der Waals surface area contributed by atoms with Crippen LogP contribution in [0.3, 0.4) is 0 Å². The van der Waals surface area contributed by atoms with Crippen molar-refractivity contribution in [2.24, 2.45) is 0 Å². The molecule has 7 heteroatoms. The molecule has 0 fully saturated rings. The predicted molar refractivity (Wildman–Crippen MR) is 86.5 cm³/mol. The second kappa shape index (κ2) is 7.69. The summed E-state index contributed by atoms with van der Waals surface area (Å²) in [4.78, 5) is 12.0. The van der Waals surface area contributed by atoms with E-state index in [-0.39, 0.29) is 11.3 Å². The Bertz CT molecular complexity index is 547. The number of halogens is 3. The van der Waals surface area contributed by atoms with Gasteiger partial charge in [-0.05, 0) is 18.9 Å². The Morgan fingerprint density at radius 2 is 1.86 bits per heavy atom. The largest absolute Gasteiger partial charge is 0.512 e. The molecule has 1 aromatic carbocycles. The van der Waals surface area contributed by atoms with Crippen LogP contribution in [0.25, 0.3) is 0 Å². The van der Waals surface area contributed by atoms with Crippen LogP contribution in [0, 0.1) is 5.41 Å². The third-order valence-corrected chi connectivity index (χ3v) is 3.23. The molecular weight excluding hydrogens is 335 g/mol. The molecule has 3 N–H and O–H groups in total. The van der Waals surface area contributed by atoms with Gasteiger partial charge in [0.15, 0.2) is 0 Å². The maximum atomic E-state index is 12.0. The lowest BCUT2D eigenvalue weighted by Crippen LogP contribution is -2.35. The Balaban J connectivity index is 2.68. The normalized spacial score (nSPS) is 12.6. The lowest BCUT2D eigenvalue weighted by molar-refractivity contribution is -0.117. The molecule has 1 amide bonds. The number of rotatable bonds is 5. The molecule has 0 heterocycles. The minimum absolute atomic E-state index is 0.330. The minimum atomic E-state index is -2.07. The molecule has 0 saturated heterocycles. The summed E-state index contributed by atoms with van der Waals surface area (Å²) < 4.78 is -2.07. The van der Waals surface area contributed by atoms with Gasteiger partial charge in [0.25, 0.3) is 5.91 Å². The fraction of sp³-hybridized carbons (Fsp3) is 0.286. The third-order valence-electron chi connectivity index (χ3n) is 2.66. The van der Waals surface area contributed by atoms with Gasteiger partial charge in [-0.15, -0.1) is 0 Å². The highest BCUT2D eigenvalue weighted by Crippen LogP contribution is 2.31. The predicted octanol–water partition coefficient (Wildman–Crippen LogP) is 3.57. The number of carbonyl (C=O) groups is 1. The van der Waals surface area contributed by atoms with Crippen LogP contribution in [0.15, 0.2) is 41.7 Å². The molecule has 0 radical (unpaired) electrons. The molecule has 21 heavy (non-hydrogen) atoms. The van der Waals surface area contributed by atoms with E-state index < -0.39 is 15.4 Å². The highest BCUT2D eigenvalue weighted by molar-refractivity contribution is 6.78. The molecule has 0 unspecified atom stereocenters. The van der Waals surface area contributed by atoms with Crippen LogP contribution in [0.1, 0.15) is 12.5 Å². The van der Waals surface area contributed by atoms with Crippen molar-refractivity contribution in [2.45, 2.75) is 17.1 Å². The first-order chi connectivity index (χ1) is 9.73. The topological polar surface area (TPSA) is 73.2 Å². The van der Waals surface area contributed by atoms with Crippen LogP contribution < -0.4 is 5.32 Å². The molecule has 0 atom stereocenters. The molecule has 0 aliphatic carbocycles. The zero-order valence-corrected chi connectivity index (χ0v) is 13.6. The molecular formula is C14H15Cl3N2O2. The van der Waals surface area contributed by atoms with E-state index in [9.17, 15) is 9.90 Å². The Morgan fingerprint density at radius 1 is 1.29 bits per heavy atom. The van der Waals surface area contributed by atoms with E-state index in [1.807, 2.05) is 30.3 Å². The Hall–Kier alpha value is -1.23. The van der Waals surface area contributed by atoms with Crippen molar-refractivity contribution in [3.05, 3.63) is 47.2 Å². The first-order valence-corrected chi connectivity index (χ1v) is 7.25. The van der Waals surface area contributed by atoms with Crippen LogP contribution in [-0.2, 0) is 11.2 Å². The lowest BCUT2D eigenvalue weighted by Gasteiger charge is -2.16. The number of carbonyl (C=O) groups excluding carboxylic acids is 1. The minimum Gasteiger partial charge on any atom is -0.512 e. The molecule has 0 aliphatic heterocycles. The van der Waals surface area contributed by atoms with Crippen molar-refractivity contribution in [1.82, 2.24) is 5.32 Å². The monoisotopic (exact) mass is 348 g/mol. The van der Waals surface area contributed by atoms with Gasteiger partial charge >= 0.3 is 0 Å². The molecule has 0 bridgehead atoms. The molecule has 0 aromatic heterocycles. The van der Waals surface area contributed by atoms with E-state index in [1.165, 1.54) is 6.92 Å². The lowest BCUT2D eigenvalue weighted by atomic mass is 10.1. The maximum Gasteiger partial charge on any atom is 0.256 e. The van der Waals surface area contributed by atoms with Gasteiger partial charge in [-0.25, -0.2) is 0 Å². The number of benzene rings is 1. The van der Waals surface area contributed by atoms with Crippen molar-refractivity contribution in [2.75, 3.05) is 6.54 Å². The number of hydrogen-bond acceptors (Lipinski definition) is 3. The van der Waals surface area contributed by atoms with Gasteiger partial charge in [-0.1, -0.05) is 65.1 Å². The number of aliphatic hydroxyl groups is 1. The summed E-state index contributed by atoms with van der Waals surface area (Å²) in [5.41, 5.74) is 0.160. The second-order valence-electron chi connectivity index (χ2n) is 4.32. The second-order valence-corrected chi connectivity index (χ2v) is 6.61. The summed E-state index contributed by atoms with van der Waals surface area (Å²) in [6, 6.07) is 9.57. The summed E-state index contributed by atoms with van der Waals surface area (Å²) in [6.45, 7) is 1.60. The molecule has 1 rings (SSSR count). The number of amides is 1. The molecule has 4 nitrogen and oxygen atoms in total. The third kappa shape index (κ3) is 5.58. The van der Waals surface area contributed by atoms with Crippen molar-refractivity contribution in [3.8, 4) is 0 Å². The number of alkyl halides is 3. The molecule has 0 saturated carbocycles. The van der Waals surface area contributed by atoms with Crippen molar-refractivity contribution in [3.63, 3.8) is 0 Å². The van der Waals surface area contributed by atoms with Crippen molar-refractivity contribution >= 4 is 46.4 Å². The summed E-state index contributed by atoms with van der Waals surface area (Å²) in [6.07, 6.45) is 0.617. The number of allylic oxidation sites excluding steroid dienone is 1. The van der Waals surface area contributed by atoms with Crippen LogP contribution in [-0.4, -0.2) is 27.1 Å². The van der Waals surface area contributed by atoms with E-state index in [2.05, 4.69) is 5.32 Å². The first-order valence-electron chi connectivity index (χ1n) is 6.11. The van der Waals surface area contributed by atoms with E-state index in [0.29, 0.717) is 13.0 Å². The van der Waals surface area contributed by atoms with Gasteiger partial charge in [0, 0.05) is 6.54 Å². The highest BCUT2D eigenvalue weighted by atomic mass is 35.6. The Labute approximate surface area is 138 Å². The summed E-state index contributed by atoms with van der Waals surface area (Å²) in [5, 5.41) is 19.8. The van der Waals surface area contributed by atoms with Gasteiger partial charge in [-0.3, -0.25) is 10.2 Å². The van der Waals surface area contributed by atoms with Crippen LogP contribution in [0.2, 0.25) is 0 Å². The zero-order chi connectivity index (χ0) is 16.0. The van der Waals surface area contributed by atoms with Crippen LogP contribution >= 0.6 is 34.8 Å². The highest BCUT2D eigenvalue weighted by Gasteiger charge is 2.33. The summed E-state index contributed by atoms with van der Waals surface area (Å²) in [5.74, 6) is -1.02. The van der Waals surface area contributed by atoms with Gasteiger partial charge in [0.1, 0.15) is 11.3 Å². The van der Waals surface area contributed by atoms with Gasteiger partial charge in [-0.2, -0.15) is 0 Å². The zero-order valence-electron chi connectivity index (χ0n) is 11.3. The van der Waals surface area contributed by atoms with Crippen LogP contribution in [0.5, 0.6) is 0 Å². The smallest absolute Gasteiger partial charge is 0.256 e. The maximum absolute atomic E-state index is 12.0. The summed E-state index contributed by atoms with van der Waals surface area (Å²) >= 11 is 16.7. The fourth-order valence-corrected chi connectivity index (χ4v) is 1.94. The van der Waals surface area contributed by atoms with E-state index >= 15 is 0 Å². The average molecular weight is 350 g/mol. The number of nitrogens with one attached hydrogen (secondary N) is 2. The SMILES string of the molecule is CC(O)=C(C(=N)C(Cl)(Cl)Cl)C(=O)NCCc1ccccc1. The van der Waals surface area contributed by atoms with Crippen LogP contribution in [0.4, 0.5) is 0 Å². The Morgan fingerprint density at radius 3 is 2.33 bits per heavy atom. The number of hydrogen-bond donors (Lipinski definition) is 3. The van der Waals surface area contributed by atoms with Gasteiger partial charge in [0.05, 0.1) is 5.71 Å². The quantitative estimate of drug-likeness (QED) is 0.329. The van der Waals surface area contributed by atoms with Gasteiger partial charge in [0.2, 0.25) is 3.79 Å². The van der Waals surface area contributed by atoms with E-state index in [1.54, 1.807) is 0 Å². The standard InChI is InChI=1S/C14H15Cl3N2O2/c1-9(20)11(12(18)14(15,16)17)13(21)19-8-7-10-5-3-2-4-6-10/h2-6,18,20H,7-8H2,1H3,(H,19,21). The summed E-state index contributed by atoms with van der Waals surface area (Å²) in [7, 11) is 0. The molecule has 1 aromatic rings. The first kappa shape index (κ1) is 17.8. The van der Waals surface area contributed by atoms with Gasteiger partial charge < -0.3 is 10.4 Å². The Kier molecular flexibility index (Phi) is 6.52. The number of aliphatic hydroxyl groups excluding tert-OH is 1. The molecule has 114 valence electrons. The fourth-order valence-electron chi connectivity index (χ4n) is 1.65. The molecule has 0 spiro atoms. The van der Waals surface area contributed by atoms with Crippen molar-refractivity contribution in [1.29, 1.82) is 5.41 Å². The van der Waals surface area contributed by atoms with Crippen molar-refractivity contribution < 1.29 is 9.90 Å². The average Bonchev–Trinajstić information content (AvgIpc) is 2.38. The van der Waals surface area contributed by atoms with E-state index in [4.69, 9.17) is 40.2 Å². The van der Waals surface area contributed by atoms with E-state index in [0.717, 1.165) is 5.56 Å². The molecule has 0 aliphatic rings.